The van der Waals surface area contributed by atoms with Crippen LogP contribution in [0, 0.1) is 12.3 Å². The monoisotopic (exact) mass is 467 g/mol. The van der Waals surface area contributed by atoms with E-state index in [0.717, 1.165) is 0 Å². The molecule has 0 amide bonds. The summed E-state index contributed by atoms with van der Waals surface area (Å²) < 4.78 is 16.6. The predicted molar refractivity (Wildman–Crippen MR) is 119 cm³/mol. The molecule has 9 heteroatoms. The second-order valence-electron chi connectivity index (χ2n) is 8.05. The van der Waals surface area contributed by atoms with Crippen LogP contribution in [0.15, 0.2) is 28.9 Å². The maximum Gasteiger partial charge on any atom is 0.314 e. The van der Waals surface area contributed by atoms with Crippen molar-refractivity contribution < 1.29 is 18.8 Å². The molecular weight excluding hydrogens is 441 g/mol. The van der Waals surface area contributed by atoms with E-state index in [9.17, 15) is 4.79 Å². The van der Waals surface area contributed by atoms with Crippen LogP contribution in [-0.4, -0.2) is 41.5 Å². The molecule has 3 rings (SSSR count). The number of hydrogen-bond donors (Lipinski definition) is 1. The largest absolute Gasteiger partial charge is 0.463 e. The van der Waals surface area contributed by atoms with Crippen LogP contribution in [0.25, 0.3) is 5.57 Å². The smallest absolute Gasteiger partial charge is 0.314 e. The van der Waals surface area contributed by atoms with Crippen molar-refractivity contribution in [1.29, 1.82) is 0 Å². The van der Waals surface area contributed by atoms with Gasteiger partial charge in [-0.25, -0.2) is 0 Å². The number of aromatic nitrogens is 2. The second-order valence-corrected chi connectivity index (χ2v) is 8.83. The number of nitrogens with zero attached hydrogens (tertiary/aromatic N) is 2. The Balaban J connectivity index is 2.05. The van der Waals surface area contributed by atoms with Crippen LogP contribution in [0.3, 0.4) is 0 Å². The molecule has 168 valence electrons. The van der Waals surface area contributed by atoms with Gasteiger partial charge in [0.05, 0.1) is 28.2 Å². The van der Waals surface area contributed by atoms with Gasteiger partial charge in [-0.05, 0) is 46.2 Å². The Labute approximate surface area is 192 Å². The van der Waals surface area contributed by atoms with Crippen molar-refractivity contribution in [3.8, 4) is 0 Å². The van der Waals surface area contributed by atoms with E-state index in [4.69, 9.17) is 37.2 Å². The molecular formula is C22H27Cl2N3O4. The zero-order valence-electron chi connectivity index (χ0n) is 18.2. The summed E-state index contributed by atoms with van der Waals surface area (Å²) in [5, 5.41) is 7.92. The summed E-state index contributed by atoms with van der Waals surface area (Å²) in [5.74, 6) is -0.128. The minimum Gasteiger partial charge on any atom is -0.463 e. The lowest BCUT2D eigenvalue weighted by molar-refractivity contribution is -0.159. The number of nitrogens with one attached hydrogen (secondary N) is 1. The van der Waals surface area contributed by atoms with E-state index in [1.54, 1.807) is 25.3 Å². The fourth-order valence-corrected chi connectivity index (χ4v) is 4.16. The molecule has 1 aliphatic rings. The Morgan fingerprint density at radius 3 is 2.71 bits per heavy atom. The molecule has 0 spiro atoms. The van der Waals surface area contributed by atoms with E-state index in [1.165, 1.54) is 0 Å². The molecule has 0 bridgehead atoms. The molecule has 0 aliphatic carbocycles. The average Bonchev–Trinajstić information content (AvgIpc) is 3.15. The lowest BCUT2D eigenvalue weighted by Crippen LogP contribution is -2.53. The summed E-state index contributed by atoms with van der Waals surface area (Å²) in [6.07, 6.45) is 1.84. The molecule has 0 saturated carbocycles. The van der Waals surface area contributed by atoms with E-state index >= 15 is 0 Å². The van der Waals surface area contributed by atoms with Crippen LogP contribution in [0.5, 0.6) is 0 Å². The van der Waals surface area contributed by atoms with Gasteiger partial charge >= 0.3 is 5.97 Å². The zero-order valence-corrected chi connectivity index (χ0v) is 19.8. The molecule has 7 nitrogen and oxygen atoms in total. The normalized spacial score (nSPS) is 23.4. The number of carbonyl (C=O) groups is 1. The quantitative estimate of drug-likeness (QED) is 0.463. The lowest BCUT2D eigenvalue weighted by Gasteiger charge is -2.44. The zero-order chi connectivity index (χ0) is 22.8. The van der Waals surface area contributed by atoms with Crippen molar-refractivity contribution in [2.24, 2.45) is 5.41 Å². The molecule has 1 N–H and O–H groups in total. The van der Waals surface area contributed by atoms with Crippen LogP contribution in [0.4, 0.5) is 0 Å². The highest BCUT2D eigenvalue weighted by atomic mass is 35.5. The van der Waals surface area contributed by atoms with Crippen molar-refractivity contribution in [2.45, 2.75) is 52.7 Å². The average molecular weight is 468 g/mol. The minimum absolute atomic E-state index is 0.0536. The summed E-state index contributed by atoms with van der Waals surface area (Å²) in [5.41, 5.74) is 0.279. The van der Waals surface area contributed by atoms with Crippen LogP contribution in [0.1, 0.15) is 50.9 Å². The molecule has 1 aliphatic heterocycles. The number of hydrogen-bond acceptors (Lipinski definition) is 7. The van der Waals surface area contributed by atoms with Crippen LogP contribution >= 0.6 is 23.2 Å². The molecule has 31 heavy (non-hydrogen) atoms. The number of ether oxygens (including phenoxy) is 2. The first-order valence-corrected chi connectivity index (χ1v) is 10.9. The third kappa shape index (κ3) is 4.73. The Kier molecular flexibility index (Phi) is 7.29. The first-order valence-electron chi connectivity index (χ1n) is 10.2. The minimum atomic E-state index is -1.04. The molecule has 0 radical (unpaired) electrons. The van der Waals surface area contributed by atoms with E-state index in [-0.39, 0.29) is 24.7 Å². The highest BCUT2D eigenvalue weighted by Crippen LogP contribution is 2.52. The first kappa shape index (κ1) is 23.6. The third-order valence-electron chi connectivity index (χ3n) is 5.57. The van der Waals surface area contributed by atoms with Crippen LogP contribution in [-0.2, 0) is 14.3 Å². The molecule has 2 aromatic rings. The highest BCUT2D eigenvalue weighted by Gasteiger charge is 2.53. The van der Waals surface area contributed by atoms with Crippen LogP contribution in [0.2, 0.25) is 10.0 Å². The maximum absolute atomic E-state index is 13.4. The van der Waals surface area contributed by atoms with Crippen molar-refractivity contribution in [3.05, 3.63) is 51.7 Å². The van der Waals surface area contributed by atoms with Gasteiger partial charge in [0, 0.05) is 23.7 Å². The van der Waals surface area contributed by atoms with Gasteiger partial charge in [-0.15, -0.1) is 0 Å². The van der Waals surface area contributed by atoms with Gasteiger partial charge in [-0.1, -0.05) is 40.5 Å². The Hall–Kier alpha value is -2.09. The number of aryl methyl sites for hydroxylation is 1. The van der Waals surface area contributed by atoms with Gasteiger partial charge in [0.25, 0.3) is 5.89 Å². The first-order chi connectivity index (χ1) is 14.7. The topological polar surface area (TPSA) is 86.5 Å². The van der Waals surface area contributed by atoms with Crippen molar-refractivity contribution in [1.82, 2.24) is 15.5 Å². The molecule has 2 heterocycles. The Bertz CT molecular complexity index is 975. The number of esters is 1. The molecule has 1 aromatic heterocycles. The van der Waals surface area contributed by atoms with E-state index in [0.29, 0.717) is 39.5 Å². The van der Waals surface area contributed by atoms with E-state index in [2.05, 4.69) is 15.5 Å². The molecule has 2 unspecified atom stereocenters. The van der Waals surface area contributed by atoms with Crippen LogP contribution < -0.4 is 5.32 Å². The predicted octanol–water partition coefficient (Wildman–Crippen LogP) is 4.78. The summed E-state index contributed by atoms with van der Waals surface area (Å²) in [4.78, 5) is 17.8. The van der Waals surface area contributed by atoms with Gasteiger partial charge in [-0.3, -0.25) is 4.79 Å². The van der Waals surface area contributed by atoms with Crippen molar-refractivity contribution in [3.63, 3.8) is 0 Å². The number of halogens is 2. The SMILES string of the molecule is Cc1noc(C2=CN[C@H](C)C(C)(C(=O)OCCOC(C)C)C2c2cccc(Cl)c2Cl)n1. The summed E-state index contributed by atoms with van der Waals surface area (Å²) >= 11 is 12.9. The summed E-state index contributed by atoms with van der Waals surface area (Å²) in [6, 6.07) is 5.08. The third-order valence-corrected chi connectivity index (χ3v) is 6.41. The summed E-state index contributed by atoms with van der Waals surface area (Å²) in [7, 11) is 0. The highest BCUT2D eigenvalue weighted by molar-refractivity contribution is 6.42. The molecule has 0 saturated heterocycles. The summed E-state index contributed by atoms with van der Waals surface area (Å²) in [6.45, 7) is 9.81. The van der Waals surface area contributed by atoms with Gasteiger partial charge in [0.15, 0.2) is 5.82 Å². The number of benzene rings is 1. The van der Waals surface area contributed by atoms with Crippen molar-refractivity contribution >= 4 is 34.7 Å². The van der Waals surface area contributed by atoms with Gasteiger partial charge in [0.2, 0.25) is 0 Å². The van der Waals surface area contributed by atoms with E-state index < -0.39 is 11.3 Å². The van der Waals surface area contributed by atoms with Gasteiger partial charge < -0.3 is 19.3 Å². The fourth-order valence-electron chi connectivity index (χ4n) is 3.75. The Morgan fingerprint density at radius 2 is 2.06 bits per heavy atom. The van der Waals surface area contributed by atoms with Gasteiger partial charge in [-0.2, -0.15) is 4.98 Å². The molecule has 3 atom stereocenters. The molecule has 0 fully saturated rings. The standard InChI is InChI=1S/C22H27Cl2N3O4/c1-12(2)29-9-10-30-21(28)22(5)13(3)25-11-16(20-26-14(4)27-31-20)18(22)15-7-6-8-17(23)19(15)24/h6-8,11-13,18,25H,9-10H2,1-5H3/t13-,18?,22?/m1/s1. The molecule has 1 aromatic carbocycles. The maximum atomic E-state index is 13.4. The second kappa shape index (κ2) is 9.59. The fraction of sp³-hybridized carbons (Fsp3) is 0.500. The lowest BCUT2D eigenvalue weighted by atomic mass is 9.64. The van der Waals surface area contributed by atoms with Gasteiger partial charge in [0.1, 0.15) is 6.61 Å². The number of carbonyl (C=O) groups excluding carboxylic acids is 1. The number of rotatable bonds is 7. The van der Waals surface area contributed by atoms with E-state index in [1.807, 2.05) is 33.8 Å². The number of allylic oxidation sites excluding steroid dienone is 1. The van der Waals surface area contributed by atoms with Crippen molar-refractivity contribution in [2.75, 3.05) is 13.2 Å². The Morgan fingerprint density at radius 1 is 1.32 bits per heavy atom.